The molecule has 2 atom stereocenters. The number of methoxy groups -OCH3 is 1. The molecule has 2 aromatic heterocycles. The number of carbonyl (C=O) groups excluding carboxylic acids is 1. The Morgan fingerprint density at radius 3 is 3.15 bits per heavy atom. The van der Waals surface area contributed by atoms with Crippen LogP contribution in [0.1, 0.15) is 30.7 Å². The number of fused-ring (bicyclic) bond motifs is 1. The minimum atomic E-state index is -0.529. The third kappa shape index (κ3) is 3.37. The Morgan fingerprint density at radius 2 is 2.41 bits per heavy atom. The Balaban J connectivity index is 1.50. The standard InChI is InChI=1S/C18H21FN4O3S/c1-10-6-18(7-12-13(26-18)4-5-20-16(12)25-3)9-23(10)8-14-15(19)22-17(27-14)21-11(2)24/h4-5,10H,6-9H2,1-3H3,(H,21,22,24)/t10-,18-/m0/s1. The van der Waals surface area contributed by atoms with Crippen LogP contribution in [0.4, 0.5) is 9.52 Å². The fraction of sp³-hybridized carbons (Fsp3) is 0.500. The Kier molecular flexibility index (Phi) is 4.51. The molecule has 4 heterocycles. The maximum absolute atomic E-state index is 14.2. The fourth-order valence-electron chi connectivity index (χ4n) is 3.97. The highest BCUT2D eigenvalue weighted by molar-refractivity contribution is 7.15. The van der Waals surface area contributed by atoms with E-state index in [0.29, 0.717) is 23.8 Å². The molecule has 1 N–H and O–H groups in total. The SMILES string of the molecule is COc1nccc2c1C[C@]1(C[C@H](C)N(Cc3sc(NC(C)=O)nc3F)C1)O2. The van der Waals surface area contributed by atoms with Gasteiger partial charge in [0.1, 0.15) is 11.4 Å². The summed E-state index contributed by atoms with van der Waals surface area (Å²) in [6.07, 6.45) is 3.25. The molecule has 4 rings (SSSR count). The highest BCUT2D eigenvalue weighted by atomic mass is 32.1. The van der Waals surface area contributed by atoms with Crippen molar-refractivity contribution in [1.29, 1.82) is 0 Å². The number of nitrogens with zero attached hydrogens (tertiary/aromatic N) is 3. The predicted octanol–water partition coefficient (Wildman–Crippen LogP) is 2.61. The maximum atomic E-state index is 14.2. The number of hydrogen-bond acceptors (Lipinski definition) is 7. The number of thiazole rings is 1. The first-order chi connectivity index (χ1) is 12.9. The zero-order valence-corrected chi connectivity index (χ0v) is 16.2. The summed E-state index contributed by atoms with van der Waals surface area (Å²) in [5, 5.41) is 2.83. The first-order valence-electron chi connectivity index (χ1n) is 8.77. The normalized spacial score (nSPS) is 24.1. The second kappa shape index (κ2) is 6.72. The van der Waals surface area contributed by atoms with Gasteiger partial charge >= 0.3 is 0 Å². The summed E-state index contributed by atoms with van der Waals surface area (Å²) in [7, 11) is 1.61. The van der Waals surface area contributed by atoms with E-state index in [2.05, 4.69) is 27.1 Å². The molecule has 0 radical (unpaired) electrons. The summed E-state index contributed by atoms with van der Waals surface area (Å²) in [4.78, 5) is 21.9. The number of hydrogen-bond donors (Lipinski definition) is 1. The van der Waals surface area contributed by atoms with E-state index in [-0.39, 0.29) is 22.7 Å². The Hall–Kier alpha value is -2.26. The number of halogens is 1. The molecule has 0 saturated carbocycles. The number of anilines is 1. The average molecular weight is 392 g/mol. The first-order valence-corrected chi connectivity index (χ1v) is 9.58. The molecule has 144 valence electrons. The number of rotatable bonds is 4. The molecule has 0 bridgehead atoms. The number of likely N-dealkylation sites (tertiary alicyclic amines) is 1. The second-order valence-corrected chi connectivity index (χ2v) is 8.21. The molecular formula is C18H21FN4O3S. The van der Waals surface area contributed by atoms with Crippen LogP contribution in [0.25, 0.3) is 0 Å². The van der Waals surface area contributed by atoms with Gasteiger partial charge in [0.2, 0.25) is 17.7 Å². The summed E-state index contributed by atoms with van der Waals surface area (Å²) in [5.74, 6) is 0.624. The minimum Gasteiger partial charge on any atom is -0.485 e. The largest absolute Gasteiger partial charge is 0.485 e. The van der Waals surface area contributed by atoms with Crippen molar-refractivity contribution in [2.75, 3.05) is 19.0 Å². The van der Waals surface area contributed by atoms with Crippen molar-refractivity contribution in [3.8, 4) is 11.6 Å². The molecule has 0 aromatic carbocycles. The van der Waals surface area contributed by atoms with Gasteiger partial charge in [-0.3, -0.25) is 9.69 Å². The Morgan fingerprint density at radius 1 is 1.59 bits per heavy atom. The lowest BCUT2D eigenvalue weighted by Crippen LogP contribution is -2.37. The topological polar surface area (TPSA) is 76.6 Å². The molecule has 9 heteroatoms. The van der Waals surface area contributed by atoms with Crippen LogP contribution in [0.2, 0.25) is 0 Å². The van der Waals surface area contributed by atoms with Gasteiger partial charge in [0, 0.05) is 45.1 Å². The van der Waals surface area contributed by atoms with E-state index in [0.717, 1.165) is 24.2 Å². The molecule has 1 amide bonds. The highest BCUT2D eigenvalue weighted by Gasteiger charge is 2.49. The highest BCUT2D eigenvalue weighted by Crippen LogP contribution is 2.45. The maximum Gasteiger partial charge on any atom is 0.230 e. The molecule has 0 aliphatic carbocycles. The number of nitrogens with one attached hydrogen (secondary N) is 1. The summed E-state index contributed by atoms with van der Waals surface area (Å²) in [5.41, 5.74) is 0.644. The molecule has 1 saturated heterocycles. The van der Waals surface area contributed by atoms with E-state index in [1.54, 1.807) is 13.3 Å². The van der Waals surface area contributed by atoms with Crippen LogP contribution in [-0.2, 0) is 17.8 Å². The van der Waals surface area contributed by atoms with E-state index in [1.165, 1.54) is 18.3 Å². The lowest BCUT2D eigenvalue weighted by molar-refractivity contribution is -0.114. The quantitative estimate of drug-likeness (QED) is 0.862. The third-order valence-electron chi connectivity index (χ3n) is 5.05. The third-order valence-corrected chi connectivity index (χ3v) is 5.98. The molecule has 2 aromatic rings. The van der Waals surface area contributed by atoms with Crippen molar-refractivity contribution in [3.63, 3.8) is 0 Å². The zero-order chi connectivity index (χ0) is 19.2. The number of pyridine rings is 1. The monoisotopic (exact) mass is 392 g/mol. The molecule has 27 heavy (non-hydrogen) atoms. The van der Waals surface area contributed by atoms with E-state index in [9.17, 15) is 9.18 Å². The first kappa shape index (κ1) is 18.1. The van der Waals surface area contributed by atoms with Gasteiger partial charge < -0.3 is 14.8 Å². The van der Waals surface area contributed by atoms with Gasteiger partial charge in [-0.05, 0) is 13.0 Å². The summed E-state index contributed by atoms with van der Waals surface area (Å²) >= 11 is 1.17. The van der Waals surface area contributed by atoms with Crippen molar-refractivity contribution in [1.82, 2.24) is 14.9 Å². The van der Waals surface area contributed by atoms with Crippen molar-refractivity contribution < 1.29 is 18.7 Å². The van der Waals surface area contributed by atoms with Gasteiger partial charge in [-0.2, -0.15) is 9.37 Å². The lowest BCUT2D eigenvalue weighted by atomic mass is 9.95. The van der Waals surface area contributed by atoms with Gasteiger partial charge in [0.05, 0.1) is 17.6 Å². The Bertz CT molecular complexity index is 889. The van der Waals surface area contributed by atoms with Crippen molar-refractivity contribution in [2.45, 2.75) is 44.9 Å². The van der Waals surface area contributed by atoms with Crippen LogP contribution in [0, 0.1) is 5.95 Å². The molecule has 1 spiro atoms. The van der Waals surface area contributed by atoms with Crippen LogP contribution < -0.4 is 14.8 Å². The van der Waals surface area contributed by atoms with E-state index in [4.69, 9.17) is 9.47 Å². The van der Waals surface area contributed by atoms with E-state index < -0.39 is 5.95 Å². The fourth-order valence-corrected chi connectivity index (χ4v) is 4.89. The molecule has 0 unspecified atom stereocenters. The molecule has 2 aliphatic rings. The minimum absolute atomic E-state index is 0.226. The van der Waals surface area contributed by atoms with Crippen molar-refractivity contribution >= 4 is 22.4 Å². The van der Waals surface area contributed by atoms with Crippen molar-refractivity contribution in [2.24, 2.45) is 0 Å². The van der Waals surface area contributed by atoms with Crippen LogP contribution >= 0.6 is 11.3 Å². The second-order valence-electron chi connectivity index (χ2n) is 7.13. The number of ether oxygens (including phenoxy) is 2. The predicted molar refractivity (Wildman–Crippen MR) is 98.7 cm³/mol. The summed E-state index contributed by atoms with van der Waals surface area (Å²) in [6, 6.07) is 2.09. The zero-order valence-electron chi connectivity index (χ0n) is 15.4. The average Bonchev–Trinajstić information content (AvgIpc) is 3.22. The van der Waals surface area contributed by atoms with Crippen LogP contribution in [0.3, 0.4) is 0 Å². The van der Waals surface area contributed by atoms with Gasteiger partial charge in [0.15, 0.2) is 5.13 Å². The number of amides is 1. The summed E-state index contributed by atoms with van der Waals surface area (Å²) < 4.78 is 25.9. The lowest BCUT2D eigenvalue weighted by Gasteiger charge is -2.23. The molecule has 7 nitrogen and oxygen atoms in total. The molecule has 2 aliphatic heterocycles. The number of carbonyl (C=O) groups is 1. The molecule has 1 fully saturated rings. The van der Waals surface area contributed by atoms with Gasteiger partial charge in [-0.25, -0.2) is 4.98 Å². The van der Waals surface area contributed by atoms with Gasteiger partial charge in [0.25, 0.3) is 0 Å². The van der Waals surface area contributed by atoms with Crippen LogP contribution in [-0.4, -0.2) is 46.1 Å². The van der Waals surface area contributed by atoms with Gasteiger partial charge in [-0.1, -0.05) is 11.3 Å². The van der Waals surface area contributed by atoms with Crippen LogP contribution in [0.5, 0.6) is 11.6 Å². The number of aromatic nitrogens is 2. The van der Waals surface area contributed by atoms with E-state index in [1.807, 2.05) is 6.07 Å². The van der Waals surface area contributed by atoms with Crippen molar-refractivity contribution in [3.05, 3.63) is 28.7 Å². The Labute approximate surface area is 160 Å². The molecular weight excluding hydrogens is 371 g/mol. The van der Waals surface area contributed by atoms with Crippen LogP contribution in [0.15, 0.2) is 12.3 Å². The van der Waals surface area contributed by atoms with E-state index >= 15 is 0 Å². The van der Waals surface area contributed by atoms with Gasteiger partial charge in [-0.15, -0.1) is 0 Å². The smallest absolute Gasteiger partial charge is 0.230 e. The summed E-state index contributed by atoms with van der Waals surface area (Å²) in [6.45, 7) is 4.60.